The van der Waals surface area contributed by atoms with Gasteiger partial charge in [0.05, 0.1) is 25.2 Å². The van der Waals surface area contributed by atoms with Crippen LogP contribution in [0.15, 0.2) is 30.3 Å². The van der Waals surface area contributed by atoms with Crippen LogP contribution in [0.25, 0.3) is 0 Å². The van der Waals surface area contributed by atoms with E-state index in [1.54, 1.807) is 30.3 Å². The molecule has 1 fully saturated rings. The Morgan fingerprint density at radius 1 is 1.33 bits per heavy atom. The zero-order chi connectivity index (χ0) is 15.3. The summed E-state index contributed by atoms with van der Waals surface area (Å²) < 4.78 is 33.3. The topological polar surface area (TPSA) is 53.3 Å². The van der Waals surface area contributed by atoms with E-state index in [1.807, 2.05) is 6.07 Å². The predicted octanol–water partition coefficient (Wildman–Crippen LogP) is 2.18. The van der Waals surface area contributed by atoms with E-state index in [9.17, 15) is 13.6 Å². The third-order valence-electron chi connectivity index (χ3n) is 3.43. The fourth-order valence-corrected chi connectivity index (χ4v) is 2.26. The van der Waals surface area contributed by atoms with Crippen molar-refractivity contribution < 1.29 is 18.3 Å². The van der Waals surface area contributed by atoms with Crippen LogP contribution in [0, 0.1) is 11.3 Å². The van der Waals surface area contributed by atoms with Crippen LogP contribution in [0.4, 0.5) is 8.78 Å². The number of halogens is 2. The number of carbonyl (C=O) groups is 1. The zero-order valence-corrected chi connectivity index (χ0v) is 11.5. The number of hydrogen-bond acceptors (Lipinski definition) is 3. The molecular weight excluding hydrogens is 278 g/mol. The molecule has 0 spiro atoms. The molecule has 4 nitrogen and oxygen atoms in total. The van der Waals surface area contributed by atoms with E-state index in [1.165, 1.54) is 0 Å². The second-order valence-corrected chi connectivity index (χ2v) is 4.91. The third kappa shape index (κ3) is 3.76. The number of alkyl halides is 2. The molecule has 6 heteroatoms. The van der Waals surface area contributed by atoms with E-state index < -0.39 is 24.2 Å². The summed E-state index contributed by atoms with van der Waals surface area (Å²) in [5.74, 6) is -5.78. The van der Waals surface area contributed by atoms with Crippen molar-refractivity contribution in [1.29, 1.82) is 5.26 Å². The highest BCUT2D eigenvalue weighted by molar-refractivity contribution is 5.83. The molecule has 1 amide bonds. The Morgan fingerprint density at radius 3 is 2.52 bits per heavy atom. The van der Waals surface area contributed by atoms with Crippen LogP contribution in [0.3, 0.4) is 0 Å². The van der Waals surface area contributed by atoms with Gasteiger partial charge in [-0.05, 0) is 5.56 Å². The van der Waals surface area contributed by atoms with Gasteiger partial charge in [0, 0.05) is 19.5 Å². The first-order chi connectivity index (χ1) is 10.0. The number of nitrogens with zero attached hydrogens (tertiary/aromatic N) is 2. The number of rotatable bonds is 4. The maximum absolute atomic E-state index is 14.1. The first-order valence-corrected chi connectivity index (χ1v) is 6.74. The fraction of sp³-hybridized carbons (Fsp3) is 0.467. The molecule has 1 unspecified atom stereocenters. The van der Waals surface area contributed by atoms with Gasteiger partial charge < -0.3 is 9.64 Å². The van der Waals surface area contributed by atoms with Crippen LogP contribution < -0.4 is 0 Å². The lowest BCUT2D eigenvalue weighted by Gasteiger charge is -2.30. The number of carbonyl (C=O) groups excluding carboxylic acids is 1. The Bertz CT molecular complexity index is 522. The smallest absolute Gasteiger partial charge is 0.326 e. The van der Waals surface area contributed by atoms with Gasteiger partial charge in [-0.1, -0.05) is 30.3 Å². The monoisotopic (exact) mass is 294 g/mol. The third-order valence-corrected chi connectivity index (χ3v) is 3.43. The second kappa shape index (κ2) is 6.64. The van der Waals surface area contributed by atoms with Gasteiger partial charge in [0.15, 0.2) is 0 Å². The molecule has 0 aromatic heterocycles. The quantitative estimate of drug-likeness (QED) is 0.855. The Hall–Kier alpha value is -2.00. The molecular formula is C15H16F2N2O2. The predicted molar refractivity (Wildman–Crippen MR) is 71.8 cm³/mol. The summed E-state index contributed by atoms with van der Waals surface area (Å²) in [6, 6.07) is 10.2. The highest BCUT2D eigenvalue weighted by Gasteiger charge is 2.44. The van der Waals surface area contributed by atoms with Gasteiger partial charge in [-0.3, -0.25) is 4.79 Å². The minimum Gasteiger partial charge on any atom is -0.378 e. The van der Waals surface area contributed by atoms with Crippen molar-refractivity contribution in [1.82, 2.24) is 4.90 Å². The van der Waals surface area contributed by atoms with Gasteiger partial charge in [-0.2, -0.15) is 14.0 Å². The van der Waals surface area contributed by atoms with Gasteiger partial charge in [0.2, 0.25) is 0 Å². The van der Waals surface area contributed by atoms with Gasteiger partial charge in [-0.25, -0.2) is 0 Å². The molecule has 0 saturated carbocycles. The van der Waals surface area contributed by atoms with Crippen LogP contribution in [-0.4, -0.2) is 43.0 Å². The van der Waals surface area contributed by atoms with Crippen molar-refractivity contribution >= 4 is 5.91 Å². The van der Waals surface area contributed by atoms with E-state index in [4.69, 9.17) is 10.00 Å². The number of morpholine rings is 1. The summed E-state index contributed by atoms with van der Waals surface area (Å²) in [7, 11) is 0. The lowest BCUT2D eigenvalue weighted by atomic mass is 9.93. The molecule has 1 aliphatic heterocycles. The van der Waals surface area contributed by atoms with Crippen molar-refractivity contribution in [2.45, 2.75) is 18.3 Å². The highest BCUT2D eigenvalue weighted by atomic mass is 19.3. The summed E-state index contributed by atoms with van der Waals surface area (Å²) >= 11 is 0. The number of benzene rings is 1. The van der Waals surface area contributed by atoms with Crippen molar-refractivity contribution in [2.24, 2.45) is 0 Å². The van der Waals surface area contributed by atoms with Crippen molar-refractivity contribution in [3.63, 3.8) is 0 Å². The molecule has 1 aromatic carbocycles. The summed E-state index contributed by atoms with van der Waals surface area (Å²) in [5, 5.41) is 9.11. The summed E-state index contributed by atoms with van der Waals surface area (Å²) in [4.78, 5) is 13.0. The highest BCUT2D eigenvalue weighted by Crippen LogP contribution is 2.31. The molecule has 21 heavy (non-hydrogen) atoms. The first kappa shape index (κ1) is 15.4. The molecule has 1 aliphatic rings. The molecule has 1 saturated heterocycles. The first-order valence-electron chi connectivity index (χ1n) is 6.74. The van der Waals surface area contributed by atoms with Crippen LogP contribution >= 0.6 is 0 Å². The SMILES string of the molecule is N#CC(CC(F)(F)C(=O)N1CCOCC1)c1ccccc1. The number of nitriles is 1. The van der Waals surface area contributed by atoms with Crippen molar-refractivity contribution in [3.05, 3.63) is 35.9 Å². The molecule has 0 bridgehead atoms. The van der Waals surface area contributed by atoms with Gasteiger partial charge in [0.1, 0.15) is 0 Å². The number of ether oxygens (including phenoxy) is 1. The number of hydrogen-bond donors (Lipinski definition) is 0. The van der Waals surface area contributed by atoms with Gasteiger partial charge in [-0.15, -0.1) is 0 Å². The summed E-state index contributed by atoms with van der Waals surface area (Å²) in [6.07, 6.45) is -0.802. The van der Waals surface area contributed by atoms with Crippen LogP contribution in [0.5, 0.6) is 0 Å². The van der Waals surface area contributed by atoms with E-state index in [-0.39, 0.29) is 26.3 Å². The van der Waals surface area contributed by atoms with E-state index in [0.717, 1.165) is 4.90 Å². The molecule has 112 valence electrons. The van der Waals surface area contributed by atoms with E-state index in [2.05, 4.69) is 0 Å². The Balaban J connectivity index is 2.08. The molecule has 0 aliphatic carbocycles. The van der Waals surface area contributed by atoms with Crippen LogP contribution in [-0.2, 0) is 9.53 Å². The second-order valence-electron chi connectivity index (χ2n) is 4.91. The largest absolute Gasteiger partial charge is 0.378 e. The van der Waals surface area contributed by atoms with Crippen molar-refractivity contribution in [3.8, 4) is 6.07 Å². The Kier molecular flexibility index (Phi) is 4.86. The standard InChI is InChI=1S/C15H16F2N2O2/c16-15(17,14(20)19-6-8-21-9-7-19)10-13(11-18)12-4-2-1-3-5-12/h1-5,13H,6-10H2. The lowest BCUT2D eigenvalue weighted by Crippen LogP contribution is -2.49. The Morgan fingerprint density at radius 2 is 1.95 bits per heavy atom. The average molecular weight is 294 g/mol. The van der Waals surface area contributed by atoms with E-state index in [0.29, 0.717) is 5.56 Å². The molecule has 1 aromatic rings. The zero-order valence-electron chi connectivity index (χ0n) is 11.5. The minimum atomic E-state index is -3.55. The molecule has 0 N–H and O–H groups in total. The fourth-order valence-electron chi connectivity index (χ4n) is 2.26. The molecule has 1 atom stereocenters. The van der Waals surface area contributed by atoms with Crippen LogP contribution in [0.1, 0.15) is 17.9 Å². The summed E-state index contributed by atoms with van der Waals surface area (Å²) in [6.45, 7) is 0.859. The van der Waals surface area contributed by atoms with Gasteiger partial charge >= 0.3 is 5.92 Å². The maximum Gasteiger partial charge on any atom is 0.326 e. The maximum atomic E-state index is 14.1. The number of amides is 1. The molecule has 1 heterocycles. The molecule has 2 rings (SSSR count). The average Bonchev–Trinajstić information content (AvgIpc) is 2.53. The normalized spacial score (nSPS) is 17.1. The van der Waals surface area contributed by atoms with E-state index >= 15 is 0 Å². The lowest BCUT2D eigenvalue weighted by molar-refractivity contribution is -0.162. The molecule has 0 radical (unpaired) electrons. The summed E-state index contributed by atoms with van der Waals surface area (Å²) in [5.41, 5.74) is 0.495. The van der Waals surface area contributed by atoms with Crippen LogP contribution in [0.2, 0.25) is 0 Å². The minimum absolute atomic E-state index is 0.164. The Labute approximate surface area is 121 Å². The van der Waals surface area contributed by atoms with Crippen molar-refractivity contribution in [2.75, 3.05) is 26.3 Å². The van der Waals surface area contributed by atoms with Gasteiger partial charge in [0.25, 0.3) is 5.91 Å².